The average molecular weight is 198 g/mol. The van der Waals surface area contributed by atoms with E-state index in [0.29, 0.717) is 12.8 Å². The Morgan fingerprint density at radius 3 is 2.57 bits per heavy atom. The molecular weight excluding hydrogens is 180 g/mol. The van der Waals surface area contributed by atoms with Crippen molar-refractivity contribution in [2.45, 2.75) is 32.8 Å². The fourth-order valence-electron chi connectivity index (χ4n) is 0.909. The molecule has 0 aliphatic rings. The summed E-state index contributed by atoms with van der Waals surface area (Å²) in [5.74, 6) is 0.137. The molecule has 0 rings (SSSR count). The van der Waals surface area contributed by atoms with Crippen molar-refractivity contribution in [2.24, 2.45) is 0 Å². The summed E-state index contributed by atoms with van der Waals surface area (Å²) in [6.45, 7) is 3.11. The van der Waals surface area contributed by atoms with Gasteiger partial charge in [-0.2, -0.15) is 0 Å². The van der Waals surface area contributed by atoms with Crippen LogP contribution in [-0.2, 0) is 4.79 Å². The Hall–Kier alpha value is -0.930. The Kier molecular flexibility index (Phi) is 6.98. The number of hydrogen-bond donors (Lipinski definition) is 2. The van der Waals surface area contributed by atoms with Crippen molar-refractivity contribution in [1.82, 2.24) is 0 Å². The Balaban J connectivity index is 4.05. The van der Waals surface area contributed by atoms with Crippen molar-refractivity contribution >= 4 is 5.78 Å². The highest BCUT2D eigenvalue weighted by atomic mass is 16.3. The number of carbonyl (C=O) groups is 1. The second kappa shape index (κ2) is 7.47. The van der Waals surface area contributed by atoms with Crippen LogP contribution in [0, 0.1) is 0 Å². The van der Waals surface area contributed by atoms with Crippen LogP contribution in [0.15, 0.2) is 23.8 Å². The molecule has 0 bridgehead atoms. The molecule has 0 aliphatic heterocycles. The van der Waals surface area contributed by atoms with Gasteiger partial charge < -0.3 is 15.0 Å². The Bertz CT molecular complexity index is 227. The van der Waals surface area contributed by atoms with E-state index in [1.807, 2.05) is 0 Å². The zero-order chi connectivity index (χ0) is 11.0. The Morgan fingerprint density at radius 2 is 2.14 bits per heavy atom. The van der Waals surface area contributed by atoms with Gasteiger partial charge in [0, 0.05) is 6.42 Å². The molecule has 3 heteroatoms. The minimum Gasteiger partial charge on any atom is -0.392 e. The maximum Gasteiger partial charge on any atom is 0.130 e. The molecule has 0 aromatic heterocycles. The van der Waals surface area contributed by atoms with Gasteiger partial charge in [-0.3, -0.25) is 0 Å². The van der Waals surface area contributed by atoms with E-state index >= 15 is 0 Å². The van der Waals surface area contributed by atoms with Crippen LogP contribution in [-0.4, -0.2) is 28.7 Å². The predicted octanol–water partition coefficient (Wildman–Crippen LogP) is 1.21. The van der Waals surface area contributed by atoms with E-state index < -0.39 is 6.10 Å². The Labute approximate surface area is 84.8 Å². The highest BCUT2D eigenvalue weighted by Crippen LogP contribution is 2.02. The van der Waals surface area contributed by atoms with E-state index in [0.717, 1.165) is 5.57 Å². The third-order valence-corrected chi connectivity index (χ3v) is 1.67. The molecule has 0 saturated heterocycles. The molecule has 2 N–H and O–H groups in total. The third kappa shape index (κ3) is 7.71. The fraction of sp³-hybridized carbons (Fsp3) is 0.545. The highest BCUT2D eigenvalue weighted by Gasteiger charge is 1.93. The van der Waals surface area contributed by atoms with E-state index in [1.165, 1.54) is 6.92 Å². The number of ketones is 1. The SMILES string of the molecule is CC(=O)CCC=C(C=C[C@H](C)O)CO. The van der Waals surface area contributed by atoms with Gasteiger partial charge in [0.15, 0.2) is 0 Å². The monoisotopic (exact) mass is 198 g/mol. The van der Waals surface area contributed by atoms with Gasteiger partial charge in [0.2, 0.25) is 0 Å². The second-order valence-electron chi connectivity index (χ2n) is 3.28. The number of allylic oxidation sites excluding steroid dienone is 1. The van der Waals surface area contributed by atoms with Gasteiger partial charge in [-0.05, 0) is 25.8 Å². The van der Waals surface area contributed by atoms with Gasteiger partial charge in [-0.15, -0.1) is 0 Å². The molecular formula is C11H18O3. The van der Waals surface area contributed by atoms with Gasteiger partial charge in [-0.1, -0.05) is 18.2 Å². The van der Waals surface area contributed by atoms with Crippen LogP contribution in [0.3, 0.4) is 0 Å². The quantitative estimate of drug-likeness (QED) is 0.631. The van der Waals surface area contributed by atoms with Crippen LogP contribution >= 0.6 is 0 Å². The molecule has 0 saturated carbocycles. The third-order valence-electron chi connectivity index (χ3n) is 1.67. The highest BCUT2D eigenvalue weighted by molar-refractivity contribution is 5.75. The first-order valence-electron chi connectivity index (χ1n) is 4.72. The molecule has 0 aromatic carbocycles. The first kappa shape index (κ1) is 13.1. The van der Waals surface area contributed by atoms with Crippen molar-refractivity contribution in [3.63, 3.8) is 0 Å². The molecule has 0 fully saturated rings. The summed E-state index contributed by atoms with van der Waals surface area (Å²) >= 11 is 0. The summed E-state index contributed by atoms with van der Waals surface area (Å²) < 4.78 is 0. The van der Waals surface area contributed by atoms with Crippen molar-refractivity contribution in [3.05, 3.63) is 23.8 Å². The lowest BCUT2D eigenvalue weighted by atomic mass is 10.1. The van der Waals surface area contributed by atoms with Crippen molar-refractivity contribution in [2.75, 3.05) is 6.61 Å². The number of aliphatic hydroxyl groups excluding tert-OH is 2. The fourth-order valence-corrected chi connectivity index (χ4v) is 0.909. The van der Waals surface area contributed by atoms with E-state index in [9.17, 15) is 4.79 Å². The molecule has 0 amide bonds. The van der Waals surface area contributed by atoms with Crippen molar-refractivity contribution in [3.8, 4) is 0 Å². The topological polar surface area (TPSA) is 57.5 Å². The zero-order valence-corrected chi connectivity index (χ0v) is 8.73. The molecule has 80 valence electrons. The molecule has 14 heavy (non-hydrogen) atoms. The standard InChI is InChI=1S/C11H18O3/c1-9(13)4-3-5-11(8-12)7-6-10(2)14/h5-7,10,12,14H,3-4,8H2,1-2H3/t10-/m0/s1. The number of aliphatic hydroxyl groups is 2. The second-order valence-corrected chi connectivity index (χ2v) is 3.28. The van der Waals surface area contributed by atoms with E-state index in [4.69, 9.17) is 10.2 Å². The van der Waals surface area contributed by atoms with Crippen LogP contribution in [0.1, 0.15) is 26.7 Å². The summed E-state index contributed by atoms with van der Waals surface area (Å²) in [5, 5.41) is 17.9. The lowest BCUT2D eigenvalue weighted by Crippen LogP contribution is -1.95. The summed E-state index contributed by atoms with van der Waals surface area (Å²) in [7, 11) is 0. The van der Waals surface area contributed by atoms with Gasteiger partial charge in [-0.25, -0.2) is 0 Å². The minimum atomic E-state index is -0.516. The van der Waals surface area contributed by atoms with Crippen LogP contribution in [0.4, 0.5) is 0 Å². The van der Waals surface area contributed by atoms with Crippen LogP contribution < -0.4 is 0 Å². The predicted molar refractivity (Wildman–Crippen MR) is 55.9 cm³/mol. The van der Waals surface area contributed by atoms with Crippen LogP contribution in [0.2, 0.25) is 0 Å². The molecule has 0 heterocycles. The van der Waals surface area contributed by atoms with E-state index in [2.05, 4.69) is 0 Å². The van der Waals surface area contributed by atoms with Gasteiger partial charge in [0.25, 0.3) is 0 Å². The lowest BCUT2D eigenvalue weighted by molar-refractivity contribution is -0.116. The van der Waals surface area contributed by atoms with Gasteiger partial charge >= 0.3 is 0 Å². The van der Waals surface area contributed by atoms with E-state index in [1.54, 1.807) is 25.2 Å². The van der Waals surface area contributed by atoms with E-state index in [-0.39, 0.29) is 12.4 Å². The average Bonchev–Trinajstić information content (AvgIpc) is 2.10. The lowest BCUT2D eigenvalue weighted by Gasteiger charge is -1.98. The Morgan fingerprint density at radius 1 is 1.50 bits per heavy atom. The first-order chi connectivity index (χ1) is 6.56. The largest absolute Gasteiger partial charge is 0.392 e. The first-order valence-corrected chi connectivity index (χ1v) is 4.72. The molecule has 1 atom stereocenters. The molecule has 0 unspecified atom stereocenters. The van der Waals surface area contributed by atoms with Crippen molar-refractivity contribution < 1.29 is 15.0 Å². The van der Waals surface area contributed by atoms with Crippen LogP contribution in [0.5, 0.6) is 0 Å². The van der Waals surface area contributed by atoms with Crippen molar-refractivity contribution in [1.29, 1.82) is 0 Å². The number of Topliss-reactive ketones (excluding diaryl/α,β-unsaturated/α-hetero) is 1. The zero-order valence-electron chi connectivity index (χ0n) is 8.73. The normalized spacial score (nSPS) is 14.7. The van der Waals surface area contributed by atoms with Crippen LogP contribution in [0.25, 0.3) is 0 Å². The number of carbonyl (C=O) groups excluding carboxylic acids is 1. The number of rotatable bonds is 6. The maximum absolute atomic E-state index is 10.6. The molecule has 0 radical (unpaired) electrons. The molecule has 0 aromatic rings. The number of hydrogen-bond acceptors (Lipinski definition) is 3. The summed E-state index contributed by atoms with van der Waals surface area (Å²) in [6, 6.07) is 0. The summed E-state index contributed by atoms with van der Waals surface area (Å²) in [4.78, 5) is 10.6. The van der Waals surface area contributed by atoms with Gasteiger partial charge in [0.1, 0.15) is 5.78 Å². The molecule has 0 spiro atoms. The minimum absolute atomic E-state index is 0.0683. The smallest absolute Gasteiger partial charge is 0.130 e. The van der Waals surface area contributed by atoms with Gasteiger partial charge in [0.05, 0.1) is 12.7 Å². The maximum atomic E-state index is 10.6. The molecule has 3 nitrogen and oxygen atoms in total. The molecule has 0 aliphatic carbocycles. The summed E-state index contributed by atoms with van der Waals surface area (Å²) in [5.41, 5.74) is 0.729. The summed E-state index contributed by atoms with van der Waals surface area (Å²) in [6.07, 6.45) is 5.68.